The van der Waals surface area contributed by atoms with Crippen LogP contribution in [0.5, 0.6) is 0 Å². The van der Waals surface area contributed by atoms with Gasteiger partial charge in [-0.2, -0.15) is 0 Å². The average molecular weight is 371 g/mol. The van der Waals surface area contributed by atoms with Gasteiger partial charge in [0.1, 0.15) is 4.32 Å². The van der Waals surface area contributed by atoms with Gasteiger partial charge in [-0.25, -0.2) is 0 Å². The lowest BCUT2D eigenvalue weighted by molar-refractivity contribution is -0.121. The van der Waals surface area contributed by atoms with Gasteiger partial charge in [-0.3, -0.25) is 9.69 Å². The molecule has 2 heterocycles. The lowest BCUT2D eigenvalue weighted by Crippen LogP contribution is -2.27. The molecule has 1 saturated heterocycles. The maximum Gasteiger partial charge on any atom is 0.266 e. The predicted octanol–water partition coefficient (Wildman–Crippen LogP) is 4.88. The molecule has 1 aromatic heterocycles. The molecule has 0 radical (unpaired) electrons. The molecule has 1 fully saturated rings. The lowest BCUT2D eigenvalue weighted by atomic mass is 10.1. The average Bonchev–Trinajstić information content (AvgIpc) is 3.03. The van der Waals surface area contributed by atoms with Crippen LogP contribution in [0.1, 0.15) is 36.4 Å². The number of thioether (sulfide) groups is 1. The van der Waals surface area contributed by atoms with E-state index in [4.69, 9.17) is 12.2 Å². The molecule has 1 aliphatic rings. The number of hydrogen-bond donors (Lipinski definition) is 0. The first-order valence-electron chi connectivity index (χ1n) is 8.49. The van der Waals surface area contributed by atoms with Crippen molar-refractivity contribution in [2.75, 3.05) is 6.54 Å². The van der Waals surface area contributed by atoms with Crippen molar-refractivity contribution in [3.05, 3.63) is 57.8 Å². The molecule has 5 heteroatoms. The summed E-state index contributed by atoms with van der Waals surface area (Å²) in [7, 11) is 0. The summed E-state index contributed by atoms with van der Waals surface area (Å²) in [6, 6.07) is 10.8. The molecular formula is C20H22N2OS2. The summed E-state index contributed by atoms with van der Waals surface area (Å²) in [6.45, 7) is 8.90. The van der Waals surface area contributed by atoms with Crippen LogP contribution < -0.4 is 0 Å². The third-order valence-electron chi connectivity index (χ3n) is 4.55. The van der Waals surface area contributed by atoms with Crippen molar-refractivity contribution in [3.8, 4) is 5.69 Å². The highest BCUT2D eigenvalue weighted by atomic mass is 32.2. The maximum absolute atomic E-state index is 12.4. The topological polar surface area (TPSA) is 25.2 Å². The lowest BCUT2D eigenvalue weighted by Gasteiger charge is -2.10. The number of amides is 1. The Morgan fingerprint density at radius 3 is 2.40 bits per heavy atom. The van der Waals surface area contributed by atoms with Gasteiger partial charge in [0.05, 0.1) is 4.91 Å². The fourth-order valence-electron chi connectivity index (χ4n) is 3.13. The third kappa shape index (κ3) is 3.31. The number of nitrogens with zero attached hydrogens (tertiary/aromatic N) is 2. The van der Waals surface area contributed by atoms with E-state index in [-0.39, 0.29) is 5.91 Å². The van der Waals surface area contributed by atoms with Crippen molar-refractivity contribution in [2.24, 2.45) is 0 Å². The molecule has 0 N–H and O–H groups in total. The van der Waals surface area contributed by atoms with Gasteiger partial charge in [0, 0.05) is 23.6 Å². The number of benzene rings is 1. The SMILES string of the molecule is CCc1ccc(-n2c(C)cc(/C=C3\SC(=S)N(CC)C3=O)c2C)cc1. The molecule has 2 aromatic rings. The van der Waals surface area contributed by atoms with Crippen LogP contribution in [0.4, 0.5) is 0 Å². The highest BCUT2D eigenvalue weighted by Gasteiger charge is 2.30. The number of aryl methyl sites for hydroxylation is 2. The summed E-state index contributed by atoms with van der Waals surface area (Å²) >= 11 is 6.68. The second-order valence-electron chi connectivity index (χ2n) is 6.11. The number of thiocarbonyl (C=S) groups is 1. The predicted molar refractivity (Wildman–Crippen MR) is 110 cm³/mol. The zero-order valence-electron chi connectivity index (χ0n) is 15.0. The third-order valence-corrected chi connectivity index (χ3v) is 5.93. The first-order chi connectivity index (χ1) is 12.0. The molecule has 0 bridgehead atoms. The largest absolute Gasteiger partial charge is 0.318 e. The van der Waals surface area contributed by atoms with Crippen LogP contribution in [-0.4, -0.2) is 26.2 Å². The second-order valence-corrected chi connectivity index (χ2v) is 7.78. The zero-order valence-corrected chi connectivity index (χ0v) is 16.6. The smallest absolute Gasteiger partial charge is 0.266 e. The van der Waals surface area contributed by atoms with Crippen molar-refractivity contribution in [1.82, 2.24) is 9.47 Å². The van der Waals surface area contributed by atoms with E-state index in [2.05, 4.69) is 55.7 Å². The minimum atomic E-state index is 0.00889. The van der Waals surface area contributed by atoms with E-state index in [0.717, 1.165) is 29.1 Å². The van der Waals surface area contributed by atoms with Crippen molar-refractivity contribution in [3.63, 3.8) is 0 Å². The van der Waals surface area contributed by atoms with E-state index in [0.29, 0.717) is 15.8 Å². The quantitative estimate of drug-likeness (QED) is 0.567. The molecule has 3 nitrogen and oxygen atoms in total. The zero-order chi connectivity index (χ0) is 18.1. The minimum Gasteiger partial charge on any atom is -0.318 e. The van der Waals surface area contributed by atoms with E-state index < -0.39 is 0 Å². The fraction of sp³-hybridized carbons (Fsp3) is 0.300. The van der Waals surface area contributed by atoms with Gasteiger partial charge in [0.15, 0.2) is 0 Å². The molecule has 25 heavy (non-hydrogen) atoms. The molecule has 3 rings (SSSR count). The molecule has 130 valence electrons. The van der Waals surface area contributed by atoms with Crippen LogP contribution in [0.2, 0.25) is 0 Å². The first kappa shape index (κ1) is 18.0. The molecular weight excluding hydrogens is 348 g/mol. The van der Waals surface area contributed by atoms with Crippen molar-refractivity contribution in [1.29, 1.82) is 0 Å². The maximum atomic E-state index is 12.4. The van der Waals surface area contributed by atoms with Gasteiger partial charge >= 0.3 is 0 Å². The van der Waals surface area contributed by atoms with Crippen molar-refractivity contribution < 1.29 is 4.79 Å². The number of aromatic nitrogens is 1. The number of carbonyl (C=O) groups is 1. The number of rotatable bonds is 4. The van der Waals surface area contributed by atoms with Gasteiger partial charge in [-0.05, 0) is 62.6 Å². The standard InChI is InChI=1S/C20H22N2OS2/c1-5-15-7-9-17(10-8-15)22-13(3)11-16(14(22)4)12-18-19(23)21(6-2)20(24)25-18/h7-12H,5-6H2,1-4H3/b18-12-. The van der Waals surface area contributed by atoms with E-state index in [9.17, 15) is 4.79 Å². The normalized spacial score (nSPS) is 16.3. The number of likely N-dealkylation sites (N-methyl/N-ethyl adjacent to an activating group) is 1. The monoisotopic (exact) mass is 370 g/mol. The summed E-state index contributed by atoms with van der Waals surface area (Å²) < 4.78 is 2.87. The molecule has 1 aliphatic heterocycles. The highest BCUT2D eigenvalue weighted by Crippen LogP contribution is 2.33. The summed E-state index contributed by atoms with van der Waals surface area (Å²) in [5, 5.41) is 0. The molecule has 0 unspecified atom stereocenters. The summed E-state index contributed by atoms with van der Waals surface area (Å²) in [5.41, 5.74) is 5.82. The Morgan fingerprint density at radius 1 is 1.16 bits per heavy atom. The molecule has 1 aromatic carbocycles. The minimum absolute atomic E-state index is 0.00889. The Bertz CT molecular complexity index is 863. The summed E-state index contributed by atoms with van der Waals surface area (Å²) in [6.07, 6.45) is 3.00. The molecule has 1 amide bonds. The molecule has 0 spiro atoms. The second kappa shape index (κ2) is 7.18. The molecule has 0 atom stereocenters. The van der Waals surface area contributed by atoms with Gasteiger partial charge < -0.3 is 4.57 Å². The van der Waals surface area contributed by atoms with Crippen LogP contribution in [0.15, 0.2) is 35.2 Å². The Morgan fingerprint density at radius 2 is 1.84 bits per heavy atom. The Labute approximate surface area is 158 Å². The Hall–Kier alpha value is -1.85. The number of hydrogen-bond acceptors (Lipinski definition) is 3. The highest BCUT2D eigenvalue weighted by molar-refractivity contribution is 8.26. The van der Waals surface area contributed by atoms with Gasteiger partial charge in [0.25, 0.3) is 5.91 Å². The molecule has 0 saturated carbocycles. The van der Waals surface area contributed by atoms with Gasteiger partial charge in [0.2, 0.25) is 0 Å². The fourth-order valence-corrected chi connectivity index (χ4v) is 4.50. The van der Waals surface area contributed by atoms with Gasteiger partial charge in [-0.1, -0.05) is 43.0 Å². The van der Waals surface area contributed by atoms with E-state index in [1.165, 1.54) is 17.3 Å². The van der Waals surface area contributed by atoms with Gasteiger partial charge in [-0.15, -0.1) is 0 Å². The van der Waals surface area contributed by atoms with Crippen LogP contribution in [0.3, 0.4) is 0 Å². The van der Waals surface area contributed by atoms with Crippen LogP contribution in [-0.2, 0) is 11.2 Å². The van der Waals surface area contributed by atoms with E-state index in [1.54, 1.807) is 4.90 Å². The summed E-state index contributed by atoms with van der Waals surface area (Å²) in [4.78, 5) is 14.8. The van der Waals surface area contributed by atoms with Crippen LogP contribution in [0, 0.1) is 13.8 Å². The summed E-state index contributed by atoms with van der Waals surface area (Å²) in [5.74, 6) is 0.00889. The van der Waals surface area contributed by atoms with E-state index in [1.807, 2.05) is 13.0 Å². The van der Waals surface area contributed by atoms with Crippen LogP contribution in [0.25, 0.3) is 11.8 Å². The first-order valence-corrected chi connectivity index (χ1v) is 9.72. The van der Waals surface area contributed by atoms with Crippen molar-refractivity contribution >= 4 is 40.3 Å². The van der Waals surface area contributed by atoms with Crippen molar-refractivity contribution in [2.45, 2.75) is 34.1 Å². The Balaban J connectivity index is 1.99. The van der Waals surface area contributed by atoms with Crippen LogP contribution >= 0.6 is 24.0 Å². The Kier molecular flexibility index (Phi) is 5.16. The molecule has 0 aliphatic carbocycles. The number of carbonyl (C=O) groups excluding carboxylic acids is 1. The van der Waals surface area contributed by atoms with E-state index >= 15 is 0 Å².